The molecule has 2 N–H and O–H groups in total. The number of para-hydroxylation sites is 1. The number of hydrogen-bond donors (Lipinski definition) is 2. The fraction of sp³-hybridized carbons (Fsp3) is 0.300. The molecule has 1 aliphatic heterocycles. The molecule has 2 aromatic rings. The molecule has 0 aromatic heterocycles. The molecule has 1 aliphatic rings. The Bertz CT molecular complexity index is 749. The first kappa shape index (κ1) is 18.4. The third-order valence-corrected chi connectivity index (χ3v) is 4.66. The maximum Gasteiger partial charge on any atom is 0.238 e. The second-order valence-electron chi connectivity index (χ2n) is 6.48. The highest BCUT2D eigenvalue weighted by atomic mass is 35.5. The minimum atomic E-state index is -0.104. The predicted octanol–water partition coefficient (Wildman–Crippen LogP) is 3.63. The van der Waals surface area contributed by atoms with Crippen molar-refractivity contribution < 1.29 is 9.59 Å². The van der Waals surface area contributed by atoms with Crippen molar-refractivity contribution in [3.8, 4) is 0 Å². The van der Waals surface area contributed by atoms with Crippen LogP contribution in [-0.2, 0) is 9.59 Å². The lowest BCUT2D eigenvalue weighted by Crippen LogP contribution is -2.43. The summed E-state index contributed by atoms with van der Waals surface area (Å²) in [4.78, 5) is 26.7. The fourth-order valence-electron chi connectivity index (χ4n) is 3.12. The Labute approximate surface area is 158 Å². The van der Waals surface area contributed by atoms with Gasteiger partial charge in [-0.3, -0.25) is 14.5 Å². The molecule has 1 heterocycles. The van der Waals surface area contributed by atoms with Gasteiger partial charge in [0.1, 0.15) is 0 Å². The van der Waals surface area contributed by atoms with Crippen molar-refractivity contribution in [2.45, 2.75) is 12.8 Å². The standard InChI is InChI=1S/C20H22ClN3O2/c21-16-8-10-18(11-9-16)22-19(25)14-24-12-4-5-15(13-24)20(26)23-17-6-2-1-3-7-17/h1-3,6-11,15H,4-5,12-14H2,(H,22,25)(H,23,26)/t15-/m1/s1. The lowest BCUT2D eigenvalue weighted by Gasteiger charge is -2.31. The van der Waals surface area contributed by atoms with Gasteiger partial charge in [0, 0.05) is 22.9 Å². The monoisotopic (exact) mass is 371 g/mol. The van der Waals surface area contributed by atoms with Gasteiger partial charge in [0.2, 0.25) is 11.8 Å². The highest BCUT2D eigenvalue weighted by Gasteiger charge is 2.26. The number of nitrogens with zero attached hydrogens (tertiary/aromatic N) is 1. The second-order valence-corrected chi connectivity index (χ2v) is 6.92. The Balaban J connectivity index is 1.50. The zero-order valence-electron chi connectivity index (χ0n) is 14.5. The number of carbonyl (C=O) groups excluding carboxylic acids is 2. The fourth-order valence-corrected chi connectivity index (χ4v) is 3.24. The maximum atomic E-state index is 12.5. The average Bonchev–Trinajstić information content (AvgIpc) is 2.64. The summed E-state index contributed by atoms with van der Waals surface area (Å²) in [6, 6.07) is 16.5. The number of carbonyl (C=O) groups is 2. The van der Waals surface area contributed by atoms with Gasteiger partial charge in [0.05, 0.1) is 12.5 Å². The van der Waals surface area contributed by atoms with Gasteiger partial charge in [-0.05, 0) is 55.8 Å². The molecular formula is C20H22ClN3O2. The third kappa shape index (κ3) is 5.31. The van der Waals surface area contributed by atoms with Gasteiger partial charge in [-0.15, -0.1) is 0 Å². The molecule has 1 atom stereocenters. The van der Waals surface area contributed by atoms with E-state index < -0.39 is 0 Å². The van der Waals surface area contributed by atoms with Crippen LogP contribution >= 0.6 is 11.6 Å². The predicted molar refractivity (Wildman–Crippen MR) is 104 cm³/mol. The number of amides is 2. The van der Waals surface area contributed by atoms with E-state index in [0.29, 0.717) is 11.6 Å². The van der Waals surface area contributed by atoms with Crippen molar-refractivity contribution in [3.63, 3.8) is 0 Å². The topological polar surface area (TPSA) is 61.4 Å². The summed E-state index contributed by atoms with van der Waals surface area (Å²) >= 11 is 5.85. The number of nitrogens with one attached hydrogen (secondary N) is 2. The first-order valence-electron chi connectivity index (χ1n) is 8.74. The molecule has 0 radical (unpaired) electrons. The summed E-state index contributed by atoms with van der Waals surface area (Å²) in [6.07, 6.45) is 1.75. The number of halogens is 1. The summed E-state index contributed by atoms with van der Waals surface area (Å²) < 4.78 is 0. The Kier molecular flexibility index (Phi) is 6.26. The van der Waals surface area contributed by atoms with E-state index in [-0.39, 0.29) is 24.3 Å². The molecule has 6 heteroatoms. The van der Waals surface area contributed by atoms with Crippen LogP contribution in [0.15, 0.2) is 54.6 Å². The molecule has 1 saturated heterocycles. The molecule has 26 heavy (non-hydrogen) atoms. The van der Waals surface area contributed by atoms with Crippen molar-refractivity contribution in [1.29, 1.82) is 0 Å². The molecule has 3 rings (SSSR count). The van der Waals surface area contributed by atoms with Crippen molar-refractivity contribution in [3.05, 3.63) is 59.6 Å². The molecule has 0 aliphatic carbocycles. The Morgan fingerprint density at radius 2 is 1.69 bits per heavy atom. The summed E-state index contributed by atoms with van der Waals surface area (Å²) in [7, 11) is 0. The molecule has 0 spiro atoms. The Hall–Kier alpha value is -2.37. The number of piperidine rings is 1. The van der Waals surface area contributed by atoms with Crippen LogP contribution in [0.4, 0.5) is 11.4 Å². The second kappa shape index (κ2) is 8.83. The highest BCUT2D eigenvalue weighted by molar-refractivity contribution is 6.30. The van der Waals surface area contributed by atoms with Crippen LogP contribution in [0.1, 0.15) is 12.8 Å². The molecular weight excluding hydrogens is 350 g/mol. The number of hydrogen-bond acceptors (Lipinski definition) is 3. The highest BCUT2D eigenvalue weighted by Crippen LogP contribution is 2.19. The zero-order chi connectivity index (χ0) is 18.4. The molecule has 1 fully saturated rings. The smallest absolute Gasteiger partial charge is 0.238 e. The van der Waals surface area contributed by atoms with Gasteiger partial charge in [0.15, 0.2) is 0 Å². The van der Waals surface area contributed by atoms with Gasteiger partial charge < -0.3 is 10.6 Å². The van der Waals surface area contributed by atoms with Crippen molar-refractivity contribution >= 4 is 34.8 Å². The average molecular weight is 372 g/mol. The Morgan fingerprint density at radius 3 is 2.42 bits per heavy atom. The van der Waals surface area contributed by atoms with Crippen LogP contribution < -0.4 is 10.6 Å². The maximum absolute atomic E-state index is 12.5. The summed E-state index contributed by atoms with van der Waals surface area (Å²) in [5, 5.41) is 6.44. The van der Waals surface area contributed by atoms with Crippen LogP contribution in [0.2, 0.25) is 5.02 Å². The zero-order valence-corrected chi connectivity index (χ0v) is 15.2. The molecule has 0 unspecified atom stereocenters. The minimum Gasteiger partial charge on any atom is -0.326 e. The molecule has 2 aromatic carbocycles. The van der Waals surface area contributed by atoms with E-state index in [0.717, 1.165) is 30.8 Å². The first-order chi connectivity index (χ1) is 12.6. The third-order valence-electron chi connectivity index (χ3n) is 4.41. The number of anilines is 2. The molecule has 0 bridgehead atoms. The van der Waals surface area contributed by atoms with E-state index in [1.807, 2.05) is 35.2 Å². The SMILES string of the molecule is O=C(CN1CCC[C@@H](C(=O)Nc2ccccc2)C1)Nc1ccc(Cl)cc1. The first-order valence-corrected chi connectivity index (χ1v) is 9.11. The van der Waals surface area contributed by atoms with Crippen LogP contribution in [0, 0.1) is 5.92 Å². The van der Waals surface area contributed by atoms with Crippen LogP contribution in [0.3, 0.4) is 0 Å². The summed E-state index contributed by atoms with van der Waals surface area (Å²) in [5.41, 5.74) is 1.52. The van der Waals surface area contributed by atoms with E-state index in [1.165, 1.54) is 0 Å². The summed E-state index contributed by atoms with van der Waals surface area (Å²) in [6.45, 7) is 1.69. The van der Waals surface area contributed by atoms with Crippen molar-refractivity contribution in [2.75, 3.05) is 30.3 Å². The minimum absolute atomic E-state index is 0.0130. The quantitative estimate of drug-likeness (QED) is 0.843. The van der Waals surface area contributed by atoms with Gasteiger partial charge in [-0.2, -0.15) is 0 Å². The van der Waals surface area contributed by atoms with Crippen LogP contribution in [-0.4, -0.2) is 36.3 Å². The van der Waals surface area contributed by atoms with E-state index >= 15 is 0 Å². The van der Waals surface area contributed by atoms with Crippen LogP contribution in [0.25, 0.3) is 0 Å². The van der Waals surface area contributed by atoms with Gasteiger partial charge >= 0.3 is 0 Å². The van der Waals surface area contributed by atoms with Gasteiger partial charge in [-0.1, -0.05) is 29.8 Å². The van der Waals surface area contributed by atoms with Crippen LogP contribution in [0.5, 0.6) is 0 Å². The lowest BCUT2D eigenvalue weighted by atomic mass is 9.97. The largest absolute Gasteiger partial charge is 0.326 e. The molecule has 2 amide bonds. The lowest BCUT2D eigenvalue weighted by molar-refractivity contribution is -0.123. The van der Waals surface area contributed by atoms with Gasteiger partial charge in [-0.25, -0.2) is 0 Å². The van der Waals surface area contributed by atoms with E-state index in [1.54, 1.807) is 24.3 Å². The number of rotatable bonds is 5. The van der Waals surface area contributed by atoms with E-state index in [4.69, 9.17) is 11.6 Å². The van der Waals surface area contributed by atoms with E-state index in [2.05, 4.69) is 10.6 Å². The normalized spacial score (nSPS) is 17.5. The number of benzene rings is 2. The van der Waals surface area contributed by atoms with Gasteiger partial charge in [0.25, 0.3) is 0 Å². The summed E-state index contributed by atoms with van der Waals surface area (Å²) in [5.74, 6) is -0.178. The number of likely N-dealkylation sites (tertiary alicyclic amines) is 1. The molecule has 0 saturated carbocycles. The van der Waals surface area contributed by atoms with Crippen molar-refractivity contribution in [1.82, 2.24) is 4.90 Å². The molecule has 5 nitrogen and oxygen atoms in total. The van der Waals surface area contributed by atoms with E-state index in [9.17, 15) is 9.59 Å². The van der Waals surface area contributed by atoms with Crippen molar-refractivity contribution in [2.24, 2.45) is 5.92 Å². The molecule has 136 valence electrons. The Morgan fingerprint density at radius 1 is 1.00 bits per heavy atom.